The number of carbonyl (C=O) groups is 2. The SMILES string of the molecule is O=C1CCC(=O)N1c1ccc([N+](=O)[O-])cn1. The highest BCUT2D eigenvalue weighted by atomic mass is 16.6. The monoisotopic (exact) mass is 221 g/mol. The summed E-state index contributed by atoms with van der Waals surface area (Å²) in [5.74, 6) is -0.518. The summed E-state index contributed by atoms with van der Waals surface area (Å²) in [6.07, 6.45) is 1.35. The van der Waals surface area contributed by atoms with E-state index in [4.69, 9.17) is 0 Å². The first-order valence-electron chi connectivity index (χ1n) is 4.56. The molecule has 1 aromatic heterocycles. The van der Waals surface area contributed by atoms with Crippen molar-refractivity contribution < 1.29 is 14.5 Å². The van der Waals surface area contributed by atoms with Crippen molar-refractivity contribution in [3.05, 3.63) is 28.4 Å². The normalized spacial score (nSPS) is 15.6. The summed E-state index contributed by atoms with van der Waals surface area (Å²) in [6, 6.07) is 2.50. The van der Waals surface area contributed by atoms with Gasteiger partial charge in [-0.1, -0.05) is 0 Å². The lowest BCUT2D eigenvalue weighted by Crippen LogP contribution is -2.29. The molecule has 0 aromatic carbocycles. The fourth-order valence-electron chi connectivity index (χ4n) is 1.45. The quantitative estimate of drug-likeness (QED) is 0.415. The first-order valence-corrected chi connectivity index (χ1v) is 4.56. The van der Waals surface area contributed by atoms with Crippen molar-refractivity contribution in [3.63, 3.8) is 0 Å². The van der Waals surface area contributed by atoms with Crippen LogP contribution in [0, 0.1) is 10.1 Å². The molecule has 1 aliphatic heterocycles. The van der Waals surface area contributed by atoms with E-state index in [1.165, 1.54) is 12.1 Å². The zero-order valence-corrected chi connectivity index (χ0v) is 8.12. The summed E-state index contributed by atoms with van der Waals surface area (Å²) in [4.78, 5) is 37.1. The fourth-order valence-corrected chi connectivity index (χ4v) is 1.45. The van der Waals surface area contributed by atoms with Gasteiger partial charge in [0.2, 0.25) is 11.8 Å². The van der Waals surface area contributed by atoms with Crippen LogP contribution in [0.5, 0.6) is 0 Å². The smallest absolute Gasteiger partial charge is 0.274 e. The van der Waals surface area contributed by atoms with Crippen molar-refractivity contribution in [1.82, 2.24) is 4.98 Å². The van der Waals surface area contributed by atoms with E-state index in [0.29, 0.717) is 0 Å². The van der Waals surface area contributed by atoms with E-state index in [2.05, 4.69) is 4.98 Å². The molecule has 82 valence electrons. The lowest BCUT2D eigenvalue weighted by atomic mass is 10.4. The molecule has 16 heavy (non-hydrogen) atoms. The average Bonchev–Trinajstić information content (AvgIpc) is 2.59. The Morgan fingerprint density at radius 1 is 1.25 bits per heavy atom. The van der Waals surface area contributed by atoms with E-state index in [0.717, 1.165) is 11.1 Å². The molecule has 0 unspecified atom stereocenters. The van der Waals surface area contributed by atoms with Crippen LogP contribution >= 0.6 is 0 Å². The summed E-state index contributed by atoms with van der Waals surface area (Å²) >= 11 is 0. The Kier molecular flexibility index (Phi) is 2.35. The van der Waals surface area contributed by atoms with Crippen LogP contribution in [0.3, 0.4) is 0 Å². The van der Waals surface area contributed by atoms with Gasteiger partial charge in [-0.15, -0.1) is 0 Å². The van der Waals surface area contributed by atoms with Crippen LogP contribution in [-0.4, -0.2) is 21.7 Å². The fraction of sp³-hybridized carbons (Fsp3) is 0.222. The molecule has 0 spiro atoms. The maximum absolute atomic E-state index is 11.3. The molecule has 1 fully saturated rings. The summed E-state index contributed by atoms with van der Waals surface area (Å²) in [5.41, 5.74) is -0.178. The van der Waals surface area contributed by atoms with Crippen LogP contribution in [0.2, 0.25) is 0 Å². The number of aromatic nitrogens is 1. The lowest BCUT2D eigenvalue weighted by molar-refractivity contribution is -0.385. The van der Waals surface area contributed by atoms with Gasteiger partial charge in [0.25, 0.3) is 5.69 Å². The van der Waals surface area contributed by atoms with Gasteiger partial charge >= 0.3 is 0 Å². The number of imide groups is 1. The van der Waals surface area contributed by atoms with Crippen LogP contribution in [0.1, 0.15) is 12.8 Å². The van der Waals surface area contributed by atoms with Gasteiger partial charge in [-0.2, -0.15) is 0 Å². The number of carbonyl (C=O) groups excluding carboxylic acids is 2. The first kappa shape index (κ1) is 10.2. The third-order valence-electron chi connectivity index (χ3n) is 2.22. The number of nitrogens with zero attached hydrogens (tertiary/aromatic N) is 3. The Balaban J connectivity index is 2.31. The molecular weight excluding hydrogens is 214 g/mol. The van der Waals surface area contributed by atoms with Crippen molar-refractivity contribution in [2.45, 2.75) is 12.8 Å². The molecule has 0 radical (unpaired) electrons. The molecule has 1 aromatic rings. The average molecular weight is 221 g/mol. The number of anilines is 1. The minimum absolute atomic E-state index is 0.137. The van der Waals surface area contributed by atoms with Crippen LogP contribution in [0.15, 0.2) is 18.3 Å². The van der Waals surface area contributed by atoms with Crippen LogP contribution < -0.4 is 4.90 Å². The topological polar surface area (TPSA) is 93.4 Å². The van der Waals surface area contributed by atoms with Gasteiger partial charge in [0.15, 0.2) is 0 Å². The Morgan fingerprint density at radius 3 is 2.31 bits per heavy atom. The second-order valence-electron chi connectivity index (χ2n) is 3.25. The molecule has 0 aliphatic carbocycles. The summed E-state index contributed by atoms with van der Waals surface area (Å²) in [6.45, 7) is 0. The Labute approximate surface area is 89.8 Å². The van der Waals surface area contributed by atoms with Crippen molar-refractivity contribution in [1.29, 1.82) is 0 Å². The maximum atomic E-state index is 11.3. The van der Waals surface area contributed by atoms with E-state index in [1.54, 1.807) is 0 Å². The minimum atomic E-state index is -0.593. The van der Waals surface area contributed by atoms with E-state index < -0.39 is 4.92 Å². The third-order valence-corrected chi connectivity index (χ3v) is 2.22. The largest absolute Gasteiger partial charge is 0.287 e. The minimum Gasteiger partial charge on any atom is -0.274 e. The van der Waals surface area contributed by atoms with Crippen molar-refractivity contribution in [2.24, 2.45) is 0 Å². The number of nitro groups is 1. The molecule has 1 aliphatic rings. The first-order chi connectivity index (χ1) is 7.59. The highest BCUT2D eigenvalue weighted by Crippen LogP contribution is 2.21. The molecular formula is C9H7N3O4. The summed E-state index contributed by atoms with van der Waals surface area (Å²) in [5, 5.41) is 10.4. The standard InChI is InChI=1S/C9H7N3O4/c13-8-3-4-9(14)11(8)7-2-1-6(5-10-7)12(15)16/h1-2,5H,3-4H2. The lowest BCUT2D eigenvalue weighted by Gasteiger charge is -2.11. The number of amides is 2. The zero-order chi connectivity index (χ0) is 11.7. The Morgan fingerprint density at radius 2 is 1.88 bits per heavy atom. The number of hydrogen-bond acceptors (Lipinski definition) is 5. The molecule has 0 bridgehead atoms. The molecule has 2 heterocycles. The highest BCUT2D eigenvalue weighted by Gasteiger charge is 2.31. The summed E-state index contributed by atoms with van der Waals surface area (Å²) in [7, 11) is 0. The van der Waals surface area contributed by atoms with E-state index in [-0.39, 0.29) is 36.2 Å². The predicted molar refractivity (Wildman–Crippen MR) is 52.6 cm³/mol. The Hall–Kier alpha value is -2.31. The zero-order valence-electron chi connectivity index (χ0n) is 8.12. The third kappa shape index (κ3) is 1.62. The Bertz CT molecular complexity index is 452. The van der Waals surface area contributed by atoms with Crippen molar-refractivity contribution in [3.8, 4) is 0 Å². The molecule has 0 atom stereocenters. The van der Waals surface area contributed by atoms with Gasteiger partial charge in [0.05, 0.1) is 4.92 Å². The van der Waals surface area contributed by atoms with E-state index in [1.807, 2.05) is 0 Å². The van der Waals surface area contributed by atoms with Gasteiger partial charge in [-0.25, -0.2) is 9.88 Å². The molecule has 7 heteroatoms. The van der Waals surface area contributed by atoms with E-state index in [9.17, 15) is 19.7 Å². The molecule has 2 amide bonds. The number of pyridine rings is 1. The van der Waals surface area contributed by atoms with Gasteiger partial charge in [0, 0.05) is 18.9 Å². The van der Waals surface area contributed by atoms with Crippen LogP contribution in [0.4, 0.5) is 11.5 Å². The molecule has 1 saturated heterocycles. The van der Waals surface area contributed by atoms with Crippen LogP contribution in [0.25, 0.3) is 0 Å². The van der Waals surface area contributed by atoms with Crippen molar-refractivity contribution in [2.75, 3.05) is 4.90 Å². The maximum Gasteiger partial charge on any atom is 0.287 e. The molecule has 0 N–H and O–H groups in total. The van der Waals surface area contributed by atoms with Crippen LogP contribution in [-0.2, 0) is 9.59 Å². The molecule has 2 rings (SSSR count). The highest BCUT2D eigenvalue weighted by molar-refractivity contribution is 6.19. The van der Waals surface area contributed by atoms with E-state index >= 15 is 0 Å². The second kappa shape index (κ2) is 3.69. The second-order valence-corrected chi connectivity index (χ2v) is 3.25. The molecule has 7 nitrogen and oxygen atoms in total. The van der Waals surface area contributed by atoms with Crippen molar-refractivity contribution >= 4 is 23.3 Å². The van der Waals surface area contributed by atoms with Gasteiger partial charge in [-0.3, -0.25) is 19.7 Å². The van der Waals surface area contributed by atoms with Gasteiger partial charge < -0.3 is 0 Å². The number of rotatable bonds is 2. The molecule has 0 saturated carbocycles. The van der Waals surface area contributed by atoms with Gasteiger partial charge in [-0.05, 0) is 6.07 Å². The number of hydrogen-bond donors (Lipinski definition) is 0. The van der Waals surface area contributed by atoms with Gasteiger partial charge in [0.1, 0.15) is 12.0 Å². The summed E-state index contributed by atoms with van der Waals surface area (Å²) < 4.78 is 0. The predicted octanol–water partition coefficient (Wildman–Crippen LogP) is 0.643.